The Morgan fingerprint density at radius 2 is 1.58 bits per heavy atom. The average molecular weight is 445 g/mol. The lowest BCUT2D eigenvalue weighted by molar-refractivity contribution is -0.118. The number of primary amides is 1. The number of carbonyl (C=O) groups excluding carboxylic acids is 2. The highest BCUT2D eigenvalue weighted by Crippen LogP contribution is 2.50. The Kier molecular flexibility index (Phi) is 5.40. The summed E-state index contributed by atoms with van der Waals surface area (Å²) in [6, 6.07) is 17.5. The second-order valence-electron chi connectivity index (χ2n) is 9.69. The van der Waals surface area contributed by atoms with Gasteiger partial charge in [-0.25, -0.2) is 0 Å². The van der Waals surface area contributed by atoms with E-state index in [0.29, 0.717) is 29.7 Å². The van der Waals surface area contributed by atoms with Gasteiger partial charge in [0, 0.05) is 11.3 Å². The maximum atomic E-state index is 13.2. The van der Waals surface area contributed by atoms with Gasteiger partial charge in [-0.2, -0.15) is 0 Å². The van der Waals surface area contributed by atoms with Gasteiger partial charge >= 0.3 is 0 Å². The molecule has 0 unspecified atom stereocenters. The van der Waals surface area contributed by atoms with Crippen LogP contribution in [-0.4, -0.2) is 22.0 Å². The highest BCUT2D eigenvalue weighted by atomic mass is 16.3. The third-order valence-corrected chi connectivity index (χ3v) is 6.28. The number of hydrogen-bond donors (Lipinski definition) is 4. The number of benzene rings is 3. The molecule has 0 aliphatic heterocycles. The number of nitrogens with one attached hydrogen (secondary N) is 1. The van der Waals surface area contributed by atoms with E-state index < -0.39 is 11.3 Å². The number of phenols is 2. The molecule has 33 heavy (non-hydrogen) atoms. The summed E-state index contributed by atoms with van der Waals surface area (Å²) in [5, 5.41) is 22.5. The molecule has 1 fully saturated rings. The van der Waals surface area contributed by atoms with E-state index in [1.165, 1.54) is 12.1 Å². The molecule has 0 aromatic heterocycles. The maximum absolute atomic E-state index is 13.2. The van der Waals surface area contributed by atoms with Crippen LogP contribution in [0.5, 0.6) is 11.5 Å². The van der Waals surface area contributed by atoms with Crippen LogP contribution in [0, 0.1) is 0 Å². The van der Waals surface area contributed by atoms with Gasteiger partial charge in [0.2, 0.25) is 11.8 Å². The Balaban J connectivity index is 1.67. The lowest BCUT2D eigenvalue weighted by Crippen LogP contribution is -2.28. The van der Waals surface area contributed by atoms with E-state index >= 15 is 0 Å². The Morgan fingerprint density at radius 1 is 0.909 bits per heavy atom. The van der Waals surface area contributed by atoms with Crippen molar-refractivity contribution in [1.82, 2.24) is 0 Å². The van der Waals surface area contributed by atoms with Crippen molar-refractivity contribution in [3.63, 3.8) is 0 Å². The number of phenolic OH excluding ortho intramolecular Hbond substituents is 2. The zero-order valence-electron chi connectivity index (χ0n) is 19.0. The van der Waals surface area contributed by atoms with Gasteiger partial charge in [0.05, 0.1) is 5.41 Å². The standard InChI is InChI=1S/C27H28N2O4/c1-26(2,3)21-10-9-19(15-20(21)16-4-6-17(7-5-16)24(28)32)29-25(33)27(12-13-27)18-8-11-22(30)23(31)14-18/h4-11,14-15,30-31H,12-13H2,1-3H3,(H2,28,32)(H,29,33). The Hall–Kier alpha value is -3.80. The quantitative estimate of drug-likeness (QED) is 0.422. The van der Waals surface area contributed by atoms with Crippen molar-refractivity contribution in [1.29, 1.82) is 0 Å². The normalized spacial score (nSPS) is 14.5. The lowest BCUT2D eigenvalue weighted by Gasteiger charge is -2.24. The first-order valence-electron chi connectivity index (χ1n) is 10.9. The van der Waals surface area contributed by atoms with Crippen LogP contribution in [0.4, 0.5) is 5.69 Å². The van der Waals surface area contributed by atoms with Crippen molar-refractivity contribution in [3.8, 4) is 22.6 Å². The number of carbonyl (C=O) groups is 2. The minimum Gasteiger partial charge on any atom is -0.504 e. The summed E-state index contributed by atoms with van der Waals surface area (Å²) in [7, 11) is 0. The molecule has 3 aromatic carbocycles. The molecule has 0 bridgehead atoms. The van der Waals surface area contributed by atoms with Crippen LogP contribution in [-0.2, 0) is 15.6 Å². The van der Waals surface area contributed by atoms with E-state index in [0.717, 1.165) is 16.7 Å². The number of amides is 2. The van der Waals surface area contributed by atoms with Crippen LogP contribution in [0.15, 0.2) is 60.7 Å². The second-order valence-corrected chi connectivity index (χ2v) is 9.69. The molecular weight excluding hydrogens is 416 g/mol. The molecule has 0 radical (unpaired) electrons. The fourth-order valence-corrected chi connectivity index (χ4v) is 4.17. The van der Waals surface area contributed by atoms with Crippen LogP contribution in [0.25, 0.3) is 11.1 Å². The van der Waals surface area contributed by atoms with Gasteiger partial charge in [-0.15, -0.1) is 0 Å². The van der Waals surface area contributed by atoms with Gasteiger partial charge in [0.1, 0.15) is 0 Å². The van der Waals surface area contributed by atoms with E-state index in [-0.39, 0.29) is 22.8 Å². The van der Waals surface area contributed by atoms with Crippen LogP contribution in [0.3, 0.4) is 0 Å². The molecule has 0 heterocycles. The molecule has 4 rings (SSSR count). The van der Waals surface area contributed by atoms with Gasteiger partial charge in [0.15, 0.2) is 11.5 Å². The summed E-state index contributed by atoms with van der Waals surface area (Å²) in [5.74, 6) is -1.07. The number of nitrogens with two attached hydrogens (primary N) is 1. The van der Waals surface area contributed by atoms with Crippen molar-refractivity contribution in [3.05, 3.63) is 77.4 Å². The summed E-state index contributed by atoms with van der Waals surface area (Å²) in [5.41, 5.74) is 9.31. The van der Waals surface area contributed by atoms with Gasteiger partial charge < -0.3 is 21.3 Å². The van der Waals surface area contributed by atoms with Gasteiger partial charge in [-0.3, -0.25) is 9.59 Å². The average Bonchev–Trinajstić information content (AvgIpc) is 3.57. The molecule has 1 aliphatic carbocycles. The third kappa shape index (κ3) is 4.29. The van der Waals surface area contributed by atoms with Gasteiger partial charge in [-0.1, -0.05) is 45.0 Å². The topological polar surface area (TPSA) is 113 Å². The van der Waals surface area contributed by atoms with Crippen molar-refractivity contribution >= 4 is 17.5 Å². The molecule has 0 spiro atoms. The fourth-order valence-electron chi connectivity index (χ4n) is 4.17. The SMILES string of the molecule is CC(C)(C)c1ccc(NC(=O)C2(c3ccc(O)c(O)c3)CC2)cc1-c1ccc(C(N)=O)cc1. The third-order valence-electron chi connectivity index (χ3n) is 6.28. The summed E-state index contributed by atoms with van der Waals surface area (Å²) in [6.45, 7) is 6.37. The number of rotatable bonds is 5. The number of aromatic hydroxyl groups is 2. The summed E-state index contributed by atoms with van der Waals surface area (Å²) >= 11 is 0. The van der Waals surface area contributed by atoms with E-state index in [4.69, 9.17) is 5.73 Å². The fraction of sp³-hybridized carbons (Fsp3) is 0.259. The number of hydrogen-bond acceptors (Lipinski definition) is 4. The molecule has 2 amide bonds. The monoisotopic (exact) mass is 444 g/mol. The van der Waals surface area contributed by atoms with Crippen LogP contribution >= 0.6 is 0 Å². The van der Waals surface area contributed by atoms with Crippen molar-refractivity contribution in [2.45, 2.75) is 44.4 Å². The first-order valence-corrected chi connectivity index (χ1v) is 10.9. The summed E-state index contributed by atoms with van der Waals surface area (Å²) in [4.78, 5) is 24.7. The van der Waals surface area contributed by atoms with E-state index in [1.807, 2.05) is 30.3 Å². The van der Waals surface area contributed by atoms with Gasteiger partial charge in [0.25, 0.3) is 0 Å². The molecule has 0 atom stereocenters. The minimum absolute atomic E-state index is 0.137. The van der Waals surface area contributed by atoms with Crippen LogP contribution in [0.2, 0.25) is 0 Å². The molecule has 1 saturated carbocycles. The van der Waals surface area contributed by atoms with Crippen molar-refractivity contribution in [2.24, 2.45) is 5.73 Å². The second kappa shape index (κ2) is 7.96. The smallest absolute Gasteiger partial charge is 0.248 e. The highest BCUT2D eigenvalue weighted by Gasteiger charge is 2.51. The van der Waals surface area contributed by atoms with Crippen molar-refractivity contribution < 1.29 is 19.8 Å². The zero-order valence-corrected chi connectivity index (χ0v) is 19.0. The first kappa shape index (κ1) is 22.4. The van der Waals surface area contributed by atoms with Gasteiger partial charge in [-0.05, 0) is 76.9 Å². The molecule has 170 valence electrons. The van der Waals surface area contributed by atoms with E-state index in [1.54, 1.807) is 18.2 Å². The largest absolute Gasteiger partial charge is 0.504 e. The molecule has 1 aliphatic rings. The minimum atomic E-state index is -0.711. The molecule has 5 N–H and O–H groups in total. The predicted octanol–water partition coefficient (Wildman–Crippen LogP) is 4.83. The molecule has 3 aromatic rings. The van der Waals surface area contributed by atoms with Crippen LogP contribution < -0.4 is 11.1 Å². The summed E-state index contributed by atoms with van der Waals surface area (Å²) in [6.07, 6.45) is 1.34. The molecule has 0 saturated heterocycles. The van der Waals surface area contributed by atoms with Crippen LogP contribution in [0.1, 0.15) is 55.1 Å². The van der Waals surface area contributed by atoms with E-state index in [9.17, 15) is 19.8 Å². The maximum Gasteiger partial charge on any atom is 0.248 e. The zero-order chi connectivity index (χ0) is 24.0. The predicted molar refractivity (Wildman–Crippen MR) is 128 cm³/mol. The molecular formula is C27H28N2O4. The summed E-state index contributed by atoms with van der Waals surface area (Å²) < 4.78 is 0. The first-order chi connectivity index (χ1) is 15.5. The lowest BCUT2D eigenvalue weighted by atomic mass is 9.81. The van der Waals surface area contributed by atoms with Crippen molar-refractivity contribution in [2.75, 3.05) is 5.32 Å². The van der Waals surface area contributed by atoms with E-state index in [2.05, 4.69) is 26.1 Å². The molecule has 6 nitrogen and oxygen atoms in total. The molecule has 6 heteroatoms. The Morgan fingerprint density at radius 3 is 2.12 bits per heavy atom. The Bertz CT molecular complexity index is 1240. The highest BCUT2D eigenvalue weighted by molar-refractivity contribution is 6.02. The number of anilines is 1. The Labute approximate surface area is 193 Å².